The SMILES string of the molecule is CCCn1c(SCC(=O)Nc2sc3c(c2C(=O)OC)CCC3)nnc1-c1csc(C)c1. The zero-order chi connectivity index (χ0) is 22.0. The number of amides is 1. The van der Waals surface area contributed by atoms with E-state index in [0.29, 0.717) is 10.6 Å². The van der Waals surface area contributed by atoms with E-state index in [9.17, 15) is 9.59 Å². The van der Waals surface area contributed by atoms with E-state index in [2.05, 4.69) is 45.4 Å². The molecular weight excluding hydrogens is 452 g/mol. The minimum absolute atomic E-state index is 0.172. The van der Waals surface area contributed by atoms with Crippen LogP contribution in [-0.2, 0) is 28.9 Å². The maximum Gasteiger partial charge on any atom is 0.341 e. The van der Waals surface area contributed by atoms with Gasteiger partial charge in [-0.05, 0) is 44.2 Å². The van der Waals surface area contributed by atoms with Crippen LogP contribution < -0.4 is 5.32 Å². The lowest BCUT2D eigenvalue weighted by Gasteiger charge is -2.09. The fourth-order valence-corrected chi connectivity index (χ4v) is 6.44. The number of aryl methyl sites for hydroxylation is 2. The van der Waals surface area contributed by atoms with Crippen molar-refractivity contribution in [3.8, 4) is 11.4 Å². The number of ether oxygens (including phenoxy) is 1. The van der Waals surface area contributed by atoms with Crippen LogP contribution in [0.15, 0.2) is 16.6 Å². The lowest BCUT2D eigenvalue weighted by atomic mass is 10.1. The molecule has 1 N–H and O–H groups in total. The van der Waals surface area contributed by atoms with Gasteiger partial charge >= 0.3 is 5.97 Å². The van der Waals surface area contributed by atoms with Gasteiger partial charge in [-0.3, -0.25) is 4.79 Å². The summed E-state index contributed by atoms with van der Waals surface area (Å²) in [4.78, 5) is 27.4. The van der Waals surface area contributed by atoms with Crippen molar-refractivity contribution in [2.75, 3.05) is 18.2 Å². The molecule has 0 radical (unpaired) electrons. The number of fused-ring (bicyclic) bond motifs is 1. The third kappa shape index (κ3) is 4.56. The number of carbonyl (C=O) groups excluding carboxylic acids is 2. The van der Waals surface area contributed by atoms with Gasteiger partial charge in [0.25, 0.3) is 0 Å². The molecule has 3 aromatic rings. The van der Waals surface area contributed by atoms with Gasteiger partial charge in [0.1, 0.15) is 5.00 Å². The van der Waals surface area contributed by atoms with E-state index in [1.165, 1.54) is 40.0 Å². The van der Waals surface area contributed by atoms with Gasteiger partial charge in [-0.1, -0.05) is 18.7 Å². The number of aromatic nitrogens is 3. The number of carbonyl (C=O) groups is 2. The average Bonchev–Trinajstić information content (AvgIpc) is 3.51. The second-order valence-electron chi connectivity index (χ2n) is 7.29. The predicted molar refractivity (Wildman–Crippen MR) is 125 cm³/mol. The quantitative estimate of drug-likeness (QED) is 0.371. The van der Waals surface area contributed by atoms with Crippen molar-refractivity contribution in [1.82, 2.24) is 14.8 Å². The normalized spacial score (nSPS) is 12.7. The van der Waals surface area contributed by atoms with Crippen LogP contribution in [-0.4, -0.2) is 39.5 Å². The van der Waals surface area contributed by atoms with Crippen LogP contribution in [0, 0.1) is 6.92 Å². The summed E-state index contributed by atoms with van der Waals surface area (Å²) in [5.74, 6) is 0.458. The molecule has 0 atom stereocenters. The number of anilines is 1. The van der Waals surface area contributed by atoms with E-state index < -0.39 is 0 Å². The van der Waals surface area contributed by atoms with Crippen molar-refractivity contribution in [3.63, 3.8) is 0 Å². The number of nitrogens with one attached hydrogen (secondary N) is 1. The summed E-state index contributed by atoms with van der Waals surface area (Å²) in [6, 6.07) is 2.10. The molecule has 164 valence electrons. The molecule has 4 rings (SSSR count). The number of hydrogen-bond acceptors (Lipinski definition) is 8. The lowest BCUT2D eigenvalue weighted by molar-refractivity contribution is -0.113. The van der Waals surface area contributed by atoms with E-state index in [4.69, 9.17) is 4.74 Å². The van der Waals surface area contributed by atoms with E-state index in [1.807, 2.05) is 0 Å². The van der Waals surface area contributed by atoms with Crippen LogP contribution in [0.5, 0.6) is 0 Å². The Bertz CT molecular complexity index is 1120. The number of methoxy groups -OCH3 is 1. The fraction of sp³-hybridized carbons (Fsp3) is 0.429. The van der Waals surface area contributed by atoms with E-state index in [1.54, 1.807) is 11.3 Å². The third-order valence-electron chi connectivity index (χ3n) is 5.05. The summed E-state index contributed by atoms with van der Waals surface area (Å²) in [5, 5.41) is 15.0. The molecule has 1 aliphatic carbocycles. The summed E-state index contributed by atoms with van der Waals surface area (Å²) in [7, 11) is 1.37. The molecule has 0 unspecified atom stereocenters. The van der Waals surface area contributed by atoms with Gasteiger partial charge in [0.05, 0.1) is 18.4 Å². The first-order valence-electron chi connectivity index (χ1n) is 10.2. The van der Waals surface area contributed by atoms with Crippen LogP contribution in [0.3, 0.4) is 0 Å². The zero-order valence-electron chi connectivity index (χ0n) is 17.7. The molecule has 0 fully saturated rings. The van der Waals surface area contributed by atoms with Gasteiger partial charge in [-0.2, -0.15) is 0 Å². The van der Waals surface area contributed by atoms with E-state index >= 15 is 0 Å². The van der Waals surface area contributed by atoms with Crippen LogP contribution >= 0.6 is 34.4 Å². The Hall–Kier alpha value is -2.17. The summed E-state index contributed by atoms with van der Waals surface area (Å²) in [5.41, 5.74) is 2.59. The Balaban J connectivity index is 1.48. The Morgan fingerprint density at radius 3 is 2.87 bits per heavy atom. The minimum atomic E-state index is -0.388. The van der Waals surface area contributed by atoms with Crippen molar-refractivity contribution in [2.24, 2.45) is 0 Å². The molecule has 1 aliphatic rings. The topological polar surface area (TPSA) is 86.1 Å². The highest BCUT2D eigenvalue weighted by molar-refractivity contribution is 7.99. The number of thioether (sulfide) groups is 1. The first-order chi connectivity index (χ1) is 15.0. The van der Waals surface area contributed by atoms with Gasteiger partial charge < -0.3 is 14.6 Å². The maximum absolute atomic E-state index is 12.7. The molecule has 0 aromatic carbocycles. The molecule has 0 saturated heterocycles. The molecule has 0 aliphatic heterocycles. The van der Waals surface area contributed by atoms with E-state index in [0.717, 1.165) is 54.3 Å². The molecule has 1 amide bonds. The first kappa shape index (κ1) is 22.0. The molecule has 0 spiro atoms. The Kier molecular flexibility index (Phi) is 6.78. The first-order valence-corrected chi connectivity index (χ1v) is 12.8. The number of esters is 1. The highest BCUT2D eigenvalue weighted by Crippen LogP contribution is 2.39. The molecule has 10 heteroatoms. The van der Waals surface area contributed by atoms with Gasteiger partial charge in [0.2, 0.25) is 5.91 Å². The molecule has 0 bridgehead atoms. The molecule has 7 nitrogen and oxygen atoms in total. The average molecular weight is 477 g/mol. The maximum atomic E-state index is 12.7. The zero-order valence-corrected chi connectivity index (χ0v) is 20.1. The van der Waals surface area contributed by atoms with Crippen molar-refractivity contribution in [1.29, 1.82) is 0 Å². The smallest absolute Gasteiger partial charge is 0.341 e. The number of thiophene rings is 2. The standard InChI is InChI=1S/C21H24N4O3S3/c1-4-8-25-18(13-9-12(2)29-10-13)23-24-21(25)30-11-16(26)22-19-17(20(27)28-3)14-6-5-7-15(14)31-19/h9-10H,4-8,11H2,1-3H3,(H,22,26). The van der Waals surface area contributed by atoms with E-state index in [-0.39, 0.29) is 17.6 Å². The Labute approximate surface area is 193 Å². The molecule has 0 saturated carbocycles. The van der Waals surface area contributed by atoms with Crippen LogP contribution in [0.1, 0.15) is 45.4 Å². The largest absolute Gasteiger partial charge is 0.465 e. The summed E-state index contributed by atoms with van der Waals surface area (Å²) in [6.45, 7) is 4.96. The molecule has 31 heavy (non-hydrogen) atoms. The highest BCUT2D eigenvalue weighted by Gasteiger charge is 2.28. The van der Waals surface area contributed by atoms with Gasteiger partial charge in [-0.25, -0.2) is 4.79 Å². The van der Waals surface area contributed by atoms with Crippen molar-refractivity contribution < 1.29 is 14.3 Å². The van der Waals surface area contributed by atoms with Crippen LogP contribution in [0.2, 0.25) is 0 Å². The number of hydrogen-bond donors (Lipinski definition) is 1. The Morgan fingerprint density at radius 2 is 2.16 bits per heavy atom. The van der Waals surface area contributed by atoms with Crippen LogP contribution in [0.25, 0.3) is 11.4 Å². The van der Waals surface area contributed by atoms with Gasteiger partial charge in [-0.15, -0.1) is 32.9 Å². The summed E-state index contributed by atoms with van der Waals surface area (Å²) in [6.07, 6.45) is 3.77. The third-order valence-corrected chi connectivity index (χ3v) is 8.08. The van der Waals surface area contributed by atoms with Gasteiger partial charge in [0.15, 0.2) is 11.0 Å². The van der Waals surface area contributed by atoms with Crippen molar-refractivity contribution >= 4 is 51.3 Å². The van der Waals surface area contributed by atoms with Crippen molar-refractivity contribution in [2.45, 2.75) is 51.2 Å². The fourth-order valence-electron chi connectivity index (χ4n) is 3.70. The summed E-state index contributed by atoms with van der Waals surface area (Å²) < 4.78 is 7.02. The minimum Gasteiger partial charge on any atom is -0.465 e. The lowest BCUT2D eigenvalue weighted by Crippen LogP contribution is -2.16. The number of rotatable bonds is 8. The van der Waals surface area contributed by atoms with Gasteiger partial charge in [0, 0.05) is 27.2 Å². The predicted octanol–water partition coefficient (Wildman–Crippen LogP) is 4.79. The number of nitrogens with zero attached hydrogens (tertiary/aromatic N) is 3. The monoisotopic (exact) mass is 476 g/mol. The Morgan fingerprint density at radius 1 is 1.32 bits per heavy atom. The second-order valence-corrected chi connectivity index (χ2v) is 10.5. The molecule has 3 heterocycles. The molecule has 3 aromatic heterocycles. The second kappa shape index (κ2) is 9.54. The molecular formula is C21H24N4O3S3. The summed E-state index contributed by atoms with van der Waals surface area (Å²) >= 11 is 4.52. The van der Waals surface area contributed by atoms with Crippen molar-refractivity contribution in [3.05, 3.63) is 32.3 Å². The highest BCUT2D eigenvalue weighted by atomic mass is 32.2. The van der Waals surface area contributed by atoms with Crippen LogP contribution in [0.4, 0.5) is 5.00 Å².